The van der Waals surface area contributed by atoms with Crippen LogP contribution in [0.4, 0.5) is 30.6 Å². The van der Waals surface area contributed by atoms with Gasteiger partial charge >= 0.3 is 6.18 Å². The van der Waals surface area contributed by atoms with Gasteiger partial charge in [-0.25, -0.2) is 4.98 Å². The number of likely N-dealkylation sites (N-methyl/N-ethyl adjacent to an activating group) is 1. The lowest BCUT2D eigenvalue weighted by Gasteiger charge is -2.27. The predicted molar refractivity (Wildman–Crippen MR) is 127 cm³/mol. The fourth-order valence-electron chi connectivity index (χ4n) is 4.47. The van der Waals surface area contributed by atoms with E-state index in [4.69, 9.17) is 4.74 Å². The zero-order valence-corrected chi connectivity index (χ0v) is 20.0. The van der Waals surface area contributed by atoms with Crippen LogP contribution in [0.1, 0.15) is 42.4 Å². The molecule has 1 saturated heterocycles. The first kappa shape index (κ1) is 25.0. The monoisotopic (exact) mass is 492 g/mol. The average molecular weight is 493 g/mol. The Kier molecular flexibility index (Phi) is 7.63. The molecule has 0 unspecified atom stereocenters. The van der Waals surface area contributed by atoms with Crippen molar-refractivity contribution in [1.29, 1.82) is 0 Å². The molecule has 0 radical (unpaired) electrons. The molecule has 0 atom stereocenters. The van der Waals surface area contributed by atoms with E-state index in [1.165, 1.54) is 5.56 Å². The Hall–Kier alpha value is -3.08. The molecule has 8 nitrogen and oxygen atoms in total. The van der Waals surface area contributed by atoms with Gasteiger partial charge in [0.15, 0.2) is 0 Å². The van der Waals surface area contributed by atoms with Crippen molar-refractivity contribution in [1.82, 2.24) is 19.8 Å². The van der Waals surface area contributed by atoms with Gasteiger partial charge in [0.2, 0.25) is 11.9 Å². The molecule has 2 aromatic rings. The topological polar surface area (TPSA) is 82.6 Å². The first-order valence-electron chi connectivity index (χ1n) is 11.9. The molecule has 1 amide bonds. The summed E-state index contributed by atoms with van der Waals surface area (Å²) in [5.74, 6) is 0.425. The number of carbonyl (C=O) groups is 1. The number of rotatable bonds is 8. The van der Waals surface area contributed by atoms with Gasteiger partial charge in [0.1, 0.15) is 17.1 Å². The van der Waals surface area contributed by atoms with Gasteiger partial charge in [0.25, 0.3) is 0 Å². The molecular weight excluding hydrogens is 461 g/mol. The van der Waals surface area contributed by atoms with Crippen LogP contribution in [0, 0.1) is 0 Å². The smallest absolute Gasteiger partial charge is 0.421 e. The quantitative estimate of drug-likeness (QED) is 0.538. The normalized spacial score (nSPS) is 16.7. The zero-order valence-electron chi connectivity index (χ0n) is 20.0. The van der Waals surface area contributed by atoms with Gasteiger partial charge in [0, 0.05) is 45.3 Å². The van der Waals surface area contributed by atoms with Crippen LogP contribution >= 0.6 is 0 Å². The second kappa shape index (κ2) is 10.7. The van der Waals surface area contributed by atoms with Gasteiger partial charge < -0.3 is 25.2 Å². The minimum atomic E-state index is -4.60. The molecule has 2 aliphatic rings. The second-order valence-electron chi connectivity index (χ2n) is 9.01. The van der Waals surface area contributed by atoms with Gasteiger partial charge in [-0.15, -0.1) is 0 Å². The highest BCUT2D eigenvalue weighted by Crippen LogP contribution is 2.36. The minimum Gasteiger partial charge on any atom is -0.495 e. The summed E-state index contributed by atoms with van der Waals surface area (Å²) < 4.78 is 46.3. The van der Waals surface area contributed by atoms with Crippen LogP contribution in [0.15, 0.2) is 18.3 Å². The number of piperidine rings is 1. The molecule has 3 heterocycles. The number of carbonyl (C=O) groups excluding carboxylic acids is 1. The average Bonchev–Trinajstić information content (AvgIpc) is 2.82. The largest absolute Gasteiger partial charge is 0.495 e. The number of likely N-dealkylation sites (tertiary alicyclic amines) is 1. The van der Waals surface area contributed by atoms with Crippen molar-refractivity contribution in [2.45, 2.75) is 44.8 Å². The summed E-state index contributed by atoms with van der Waals surface area (Å²) in [5, 5.41) is 5.83. The van der Waals surface area contributed by atoms with Crippen molar-refractivity contribution in [2.24, 2.45) is 0 Å². The molecule has 190 valence electrons. The number of amides is 1. The zero-order chi connectivity index (χ0) is 25.0. The predicted octanol–water partition coefficient (Wildman–Crippen LogP) is 4.05. The van der Waals surface area contributed by atoms with E-state index in [1.807, 2.05) is 19.2 Å². The molecule has 1 aromatic heterocycles. The lowest BCUT2D eigenvalue weighted by atomic mass is 9.99. The fourth-order valence-corrected chi connectivity index (χ4v) is 4.47. The van der Waals surface area contributed by atoms with Crippen LogP contribution in [-0.4, -0.2) is 66.0 Å². The number of hydrogen-bond acceptors (Lipinski definition) is 7. The number of benzene rings is 1. The van der Waals surface area contributed by atoms with Crippen molar-refractivity contribution in [3.05, 3.63) is 35.0 Å². The van der Waals surface area contributed by atoms with E-state index in [2.05, 4.69) is 25.5 Å². The fraction of sp³-hybridized carbons (Fsp3) is 0.542. The number of alkyl halides is 3. The van der Waals surface area contributed by atoms with E-state index in [9.17, 15) is 18.0 Å². The molecule has 0 aliphatic carbocycles. The number of nitrogens with zero attached hydrogens (tertiary/aromatic N) is 4. The number of nitrogens with one attached hydrogen (secondary N) is 2. The lowest BCUT2D eigenvalue weighted by Crippen LogP contribution is -2.36. The molecule has 1 fully saturated rings. The SMILES string of the molecule is COc1cc2c(cc1Nc1ncc(C(F)(F)F)c(NCCCN3CCCCC3=O)n1)CN(C)CC2. The van der Waals surface area contributed by atoms with Crippen LogP contribution in [0.2, 0.25) is 0 Å². The maximum atomic E-state index is 13.6. The van der Waals surface area contributed by atoms with Crippen molar-refractivity contribution < 1.29 is 22.7 Å². The van der Waals surface area contributed by atoms with Crippen LogP contribution in [0.3, 0.4) is 0 Å². The van der Waals surface area contributed by atoms with E-state index < -0.39 is 11.7 Å². The molecule has 2 aliphatic heterocycles. The van der Waals surface area contributed by atoms with E-state index in [1.54, 1.807) is 12.0 Å². The van der Waals surface area contributed by atoms with Crippen molar-refractivity contribution in [3.8, 4) is 5.75 Å². The molecule has 0 saturated carbocycles. The summed E-state index contributed by atoms with van der Waals surface area (Å²) in [6, 6.07) is 3.89. The third-order valence-corrected chi connectivity index (χ3v) is 6.38. The second-order valence-corrected chi connectivity index (χ2v) is 9.01. The highest BCUT2D eigenvalue weighted by atomic mass is 19.4. The maximum Gasteiger partial charge on any atom is 0.421 e. The van der Waals surface area contributed by atoms with Gasteiger partial charge in [-0.2, -0.15) is 18.2 Å². The third kappa shape index (κ3) is 6.14. The van der Waals surface area contributed by atoms with Crippen LogP contribution in [0.5, 0.6) is 5.75 Å². The number of methoxy groups -OCH3 is 1. The third-order valence-electron chi connectivity index (χ3n) is 6.38. The maximum absolute atomic E-state index is 13.6. The highest BCUT2D eigenvalue weighted by molar-refractivity contribution is 5.76. The lowest BCUT2D eigenvalue weighted by molar-refractivity contribution is -0.137. The minimum absolute atomic E-state index is 0.0362. The van der Waals surface area contributed by atoms with Gasteiger partial charge in [0.05, 0.1) is 12.8 Å². The molecule has 35 heavy (non-hydrogen) atoms. The first-order valence-corrected chi connectivity index (χ1v) is 11.9. The number of ether oxygens (including phenoxy) is 1. The van der Waals surface area contributed by atoms with Crippen LogP contribution in [-0.2, 0) is 23.9 Å². The Morgan fingerprint density at radius 3 is 2.71 bits per heavy atom. The molecular formula is C24H31F3N6O2. The van der Waals surface area contributed by atoms with Crippen molar-refractivity contribution in [2.75, 3.05) is 51.0 Å². The Morgan fingerprint density at radius 2 is 1.97 bits per heavy atom. The molecule has 11 heteroatoms. The van der Waals surface area contributed by atoms with Gasteiger partial charge in [-0.05, 0) is 56.0 Å². The van der Waals surface area contributed by atoms with Crippen LogP contribution in [0.25, 0.3) is 0 Å². The number of hydrogen-bond donors (Lipinski definition) is 2. The number of anilines is 3. The molecule has 2 N–H and O–H groups in total. The summed E-state index contributed by atoms with van der Waals surface area (Å²) in [4.78, 5) is 24.0. The van der Waals surface area contributed by atoms with Gasteiger partial charge in [-0.1, -0.05) is 0 Å². The van der Waals surface area contributed by atoms with Crippen LogP contribution < -0.4 is 15.4 Å². The summed E-state index contributed by atoms with van der Waals surface area (Å²) in [6.45, 7) is 3.18. The standard InChI is InChI=1S/C24H31F3N6O2/c1-32-11-7-16-13-20(35-2)19(12-17(16)15-32)30-23-29-14-18(24(25,26)27)22(31-23)28-8-5-10-33-9-4-3-6-21(33)34/h12-14H,3-11,15H2,1-2H3,(H2,28,29,30,31). The van der Waals surface area contributed by atoms with E-state index >= 15 is 0 Å². The molecule has 1 aromatic carbocycles. The Labute approximate surface area is 202 Å². The summed E-state index contributed by atoms with van der Waals surface area (Å²) in [6.07, 6.45) is -0.0126. The Morgan fingerprint density at radius 1 is 1.14 bits per heavy atom. The van der Waals surface area contributed by atoms with Crippen molar-refractivity contribution in [3.63, 3.8) is 0 Å². The summed E-state index contributed by atoms with van der Waals surface area (Å²) in [5.41, 5.74) is 1.97. The Bertz CT molecular complexity index is 1060. The first-order chi connectivity index (χ1) is 16.7. The van der Waals surface area contributed by atoms with Crippen molar-refractivity contribution >= 4 is 23.4 Å². The Balaban J connectivity index is 1.49. The summed E-state index contributed by atoms with van der Waals surface area (Å²) in [7, 11) is 3.59. The molecule has 0 spiro atoms. The number of fused-ring (bicyclic) bond motifs is 1. The van der Waals surface area contributed by atoms with Gasteiger partial charge in [-0.3, -0.25) is 4.79 Å². The number of aromatic nitrogens is 2. The highest BCUT2D eigenvalue weighted by Gasteiger charge is 2.35. The van der Waals surface area contributed by atoms with E-state index in [0.717, 1.165) is 44.1 Å². The van der Waals surface area contributed by atoms with E-state index in [-0.39, 0.29) is 24.2 Å². The van der Waals surface area contributed by atoms with E-state index in [0.29, 0.717) is 37.4 Å². The molecule has 0 bridgehead atoms. The molecule has 4 rings (SSSR count). The summed E-state index contributed by atoms with van der Waals surface area (Å²) >= 11 is 0. The number of halogens is 3.